The van der Waals surface area contributed by atoms with Crippen molar-refractivity contribution in [2.24, 2.45) is 5.92 Å². The molecule has 88 valence electrons. The van der Waals surface area contributed by atoms with E-state index in [0.717, 1.165) is 12.8 Å². The highest BCUT2D eigenvalue weighted by Crippen LogP contribution is 2.15. The molecule has 0 heterocycles. The lowest BCUT2D eigenvalue weighted by Crippen LogP contribution is -2.45. The van der Waals surface area contributed by atoms with Gasteiger partial charge in [-0.1, -0.05) is 33.6 Å². The van der Waals surface area contributed by atoms with E-state index in [1.54, 1.807) is 6.92 Å². The molecule has 15 heavy (non-hydrogen) atoms. The van der Waals surface area contributed by atoms with Gasteiger partial charge >= 0.3 is 6.09 Å². The Kier molecular flexibility index (Phi) is 6.75. The van der Waals surface area contributed by atoms with Gasteiger partial charge in [0.05, 0.1) is 13.2 Å². The molecular weight excluding hydrogens is 194 g/mol. The predicted molar refractivity (Wildman–Crippen MR) is 58.7 cm³/mol. The van der Waals surface area contributed by atoms with Crippen LogP contribution in [0.4, 0.5) is 4.79 Å². The first-order chi connectivity index (χ1) is 7.10. The molecule has 0 aliphatic carbocycles. The van der Waals surface area contributed by atoms with E-state index in [4.69, 9.17) is 0 Å². The van der Waals surface area contributed by atoms with Crippen LogP contribution in [-0.4, -0.2) is 25.0 Å². The molecular formula is C11H21NO3. The molecule has 1 N–H and O–H groups in total. The maximum atomic E-state index is 11.7. The van der Waals surface area contributed by atoms with Crippen LogP contribution in [0.5, 0.6) is 0 Å². The van der Waals surface area contributed by atoms with Crippen molar-refractivity contribution in [3.8, 4) is 0 Å². The molecule has 0 aliphatic rings. The fourth-order valence-electron chi connectivity index (χ4n) is 1.63. The summed E-state index contributed by atoms with van der Waals surface area (Å²) in [6, 6.07) is -0.405. The van der Waals surface area contributed by atoms with Crippen molar-refractivity contribution in [1.29, 1.82) is 0 Å². The minimum absolute atomic E-state index is 0.0640. The molecule has 0 aromatic heterocycles. The predicted octanol–water partition coefficient (Wildman–Crippen LogP) is 2.13. The zero-order chi connectivity index (χ0) is 11.8. The minimum atomic E-state index is -0.534. The van der Waals surface area contributed by atoms with Crippen LogP contribution in [0, 0.1) is 5.92 Å². The molecule has 1 amide bonds. The van der Waals surface area contributed by atoms with Gasteiger partial charge in [-0.2, -0.15) is 0 Å². The van der Waals surface area contributed by atoms with Crippen molar-refractivity contribution in [3.05, 3.63) is 0 Å². The van der Waals surface area contributed by atoms with E-state index in [-0.39, 0.29) is 11.7 Å². The summed E-state index contributed by atoms with van der Waals surface area (Å²) in [5.41, 5.74) is 0. The number of hydrogen-bond acceptors (Lipinski definition) is 3. The Labute approximate surface area is 91.4 Å². The number of alkyl carbamates (subject to hydrolysis) is 1. The topological polar surface area (TPSA) is 55.4 Å². The molecule has 1 atom stereocenters. The standard InChI is InChI=1S/C11H21NO3/c1-5-8(6-2)10(9(13)7-3)12-11(14)15-4/h8,10H,5-7H2,1-4H3,(H,12,14). The number of Topliss-reactive ketones (excluding diaryl/α,β-unsaturated/α-hetero) is 1. The maximum Gasteiger partial charge on any atom is 0.407 e. The smallest absolute Gasteiger partial charge is 0.407 e. The molecule has 0 aromatic rings. The van der Waals surface area contributed by atoms with Gasteiger partial charge in [-0.25, -0.2) is 4.79 Å². The molecule has 0 bridgehead atoms. The summed E-state index contributed by atoms with van der Waals surface area (Å²) in [6.45, 7) is 5.84. The van der Waals surface area contributed by atoms with E-state index in [1.165, 1.54) is 7.11 Å². The second-order valence-corrected chi connectivity index (χ2v) is 3.51. The van der Waals surface area contributed by atoms with Gasteiger partial charge in [-0.15, -0.1) is 0 Å². The van der Waals surface area contributed by atoms with Crippen LogP contribution in [0.3, 0.4) is 0 Å². The molecule has 0 rings (SSSR count). The highest BCUT2D eigenvalue weighted by molar-refractivity contribution is 5.87. The molecule has 4 nitrogen and oxygen atoms in total. The number of nitrogens with one attached hydrogen (secondary N) is 1. The Morgan fingerprint density at radius 1 is 1.20 bits per heavy atom. The van der Waals surface area contributed by atoms with E-state index in [1.807, 2.05) is 13.8 Å². The number of ketones is 1. The Morgan fingerprint density at radius 2 is 1.73 bits per heavy atom. The lowest BCUT2D eigenvalue weighted by atomic mass is 9.90. The van der Waals surface area contributed by atoms with Crippen LogP contribution in [0.1, 0.15) is 40.0 Å². The van der Waals surface area contributed by atoms with Gasteiger partial charge in [-0.05, 0) is 5.92 Å². The third-order valence-electron chi connectivity index (χ3n) is 2.67. The molecule has 0 aliphatic heterocycles. The van der Waals surface area contributed by atoms with Crippen LogP contribution in [-0.2, 0) is 9.53 Å². The van der Waals surface area contributed by atoms with Gasteiger partial charge in [-0.3, -0.25) is 4.79 Å². The number of ether oxygens (including phenoxy) is 1. The first-order valence-corrected chi connectivity index (χ1v) is 5.47. The lowest BCUT2D eigenvalue weighted by molar-refractivity contribution is -0.122. The average Bonchev–Trinajstić information content (AvgIpc) is 2.27. The first-order valence-electron chi connectivity index (χ1n) is 5.47. The third kappa shape index (κ3) is 4.32. The van der Waals surface area contributed by atoms with Crippen molar-refractivity contribution in [2.75, 3.05) is 7.11 Å². The molecule has 0 fully saturated rings. The fourth-order valence-corrected chi connectivity index (χ4v) is 1.63. The van der Waals surface area contributed by atoms with Gasteiger partial charge in [0.25, 0.3) is 0 Å². The van der Waals surface area contributed by atoms with Crippen molar-refractivity contribution >= 4 is 11.9 Å². The Bertz CT molecular complexity index is 212. The van der Waals surface area contributed by atoms with Crippen LogP contribution in [0.15, 0.2) is 0 Å². The van der Waals surface area contributed by atoms with E-state index >= 15 is 0 Å². The zero-order valence-electron chi connectivity index (χ0n) is 10.0. The van der Waals surface area contributed by atoms with Gasteiger partial charge < -0.3 is 10.1 Å². The lowest BCUT2D eigenvalue weighted by Gasteiger charge is -2.24. The molecule has 1 unspecified atom stereocenters. The minimum Gasteiger partial charge on any atom is -0.453 e. The molecule has 0 spiro atoms. The number of carbonyl (C=O) groups excluding carboxylic acids is 2. The van der Waals surface area contributed by atoms with Gasteiger partial charge in [0.1, 0.15) is 0 Å². The summed E-state index contributed by atoms with van der Waals surface area (Å²) in [5.74, 6) is 0.255. The number of hydrogen-bond donors (Lipinski definition) is 1. The summed E-state index contributed by atoms with van der Waals surface area (Å²) in [5, 5.41) is 2.61. The van der Waals surface area contributed by atoms with Crippen molar-refractivity contribution in [2.45, 2.75) is 46.1 Å². The normalized spacial score (nSPS) is 12.3. The second-order valence-electron chi connectivity index (χ2n) is 3.51. The summed E-state index contributed by atoms with van der Waals surface area (Å²) >= 11 is 0. The van der Waals surface area contributed by atoms with Gasteiger partial charge in [0.2, 0.25) is 0 Å². The SMILES string of the molecule is CCC(=O)C(NC(=O)OC)C(CC)CC. The van der Waals surface area contributed by atoms with E-state index in [9.17, 15) is 9.59 Å². The molecule has 4 heteroatoms. The summed E-state index contributed by atoms with van der Waals surface area (Å²) in [6.07, 6.45) is 1.65. The molecule has 0 radical (unpaired) electrons. The Balaban J connectivity index is 4.56. The van der Waals surface area contributed by atoms with E-state index in [0.29, 0.717) is 6.42 Å². The number of rotatable bonds is 6. The van der Waals surface area contributed by atoms with Gasteiger partial charge in [0.15, 0.2) is 5.78 Å². The van der Waals surface area contributed by atoms with Gasteiger partial charge in [0, 0.05) is 6.42 Å². The van der Waals surface area contributed by atoms with E-state index < -0.39 is 12.1 Å². The molecule has 0 saturated heterocycles. The third-order valence-corrected chi connectivity index (χ3v) is 2.67. The molecule has 0 aromatic carbocycles. The zero-order valence-corrected chi connectivity index (χ0v) is 10.0. The van der Waals surface area contributed by atoms with Crippen LogP contribution < -0.4 is 5.32 Å². The highest BCUT2D eigenvalue weighted by Gasteiger charge is 2.26. The summed E-state index contributed by atoms with van der Waals surface area (Å²) in [4.78, 5) is 22.7. The van der Waals surface area contributed by atoms with Crippen LogP contribution >= 0.6 is 0 Å². The highest BCUT2D eigenvalue weighted by atomic mass is 16.5. The monoisotopic (exact) mass is 215 g/mol. The van der Waals surface area contributed by atoms with Crippen molar-refractivity contribution in [3.63, 3.8) is 0 Å². The van der Waals surface area contributed by atoms with E-state index in [2.05, 4.69) is 10.1 Å². The number of carbonyl (C=O) groups is 2. The second kappa shape index (κ2) is 7.26. The number of amides is 1. The Morgan fingerprint density at radius 3 is 2.07 bits per heavy atom. The van der Waals surface area contributed by atoms with Crippen LogP contribution in [0.25, 0.3) is 0 Å². The summed E-state index contributed by atoms with van der Waals surface area (Å²) < 4.78 is 4.51. The van der Waals surface area contributed by atoms with Crippen molar-refractivity contribution in [1.82, 2.24) is 5.32 Å². The Hall–Kier alpha value is -1.06. The largest absolute Gasteiger partial charge is 0.453 e. The van der Waals surface area contributed by atoms with Crippen molar-refractivity contribution < 1.29 is 14.3 Å². The average molecular weight is 215 g/mol. The maximum absolute atomic E-state index is 11.7. The summed E-state index contributed by atoms with van der Waals surface area (Å²) in [7, 11) is 1.30. The fraction of sp³-hybridized carbons (Fsp3) is 0.818. The molecule has 0 saturated carbocycles. The first kappa shape index (κ1) is 13.9. The quantitative estimate of drug-likeness (QED) is 0.738. The van der Waals surface area contributed by atoms with Crippen LogP contribution in [0.2, 0.25) is 0 Å². The number of methoxy groups -OCH3 is 1.